The van der Waals surface area contributed by atoms with Gasteiger partial charge in [0.1, 0.15) is 24.8 Å². The average Bonchev–Trinajstić information content (AvgIpc) is 2.91. The highest BCUT2D eigenvalue weighted by Crippen LogP contribution is 2.24. The van der Waals surface area contributed by atoms with Crippen LogP contribution in [0.1, 0.15) is 359 Å². The molecule has 13 nitrogen and oxygen atoms in total. The van der Waals surface area contributed by atoms with Crippen LogP contribution in [0.25, 0.3) is 0 Å². The summed E-state index contributed by atoms with van der Waals surface area (Å²) in [6, 6.07) is 0. The van der Waals surface area contributed by atoms with Crippen LogP contribution in [-0.2, 0) is 64.3 Å². The number of aryl methyl sites for hydroxylation is 4. The Morgan fingerprint density at radius 3 is 0.833 bits per heavy atom. The molecule has 0 unspecified atom stereocenters. The zero-order valence-corrected chi connectivity index (χ0v) is 69.0. The van der Waals surface area contributed by atoms with Crippen molar-refractivity contribution in [3.63, 3.8) is 0 Å². The summed E-state index contributed by atoms with van der Waals surface area (Å²) in [5, 5.41) is 2.27. The standard InChI is InChI=1S/2C24H45N2O2.C17H33BrO2.C15H27BrO2.BrH.H2O/c2*1-5-7-17-25-19-20-26(22-25)18-15-13-11-9-8-10-12-14-16-21-28-23(27)24(3,4)6-2;1-4-17(2,3)16(19)20-15-13-11-9-7-5-6-8-10-12-14-18;1-14(2)15(17)18-13-11-9-7-5-3-4-6-8-10-12-16;;/h2*19-20,22H,5-18,21H2,1-4H3;4-15H2,1-3H3;1,3-13H2,2H3;1H;1H2/q2*+1;;;;/p-2. The number of ether oxygens (including phenoxy) is 4. The van der Waals surface area contributed by atoms with Gasteiger partial charge in [0, 0.05) is 16.2 Å². The van der Waals surface area contributed by atoms with Crippen molar-refractivity contribution < 1.29 is 69.7 Å². The number of aromatic nitrogens is 4. The Morgan fingerprint density at radius 1 is 0.375 bits per heavy atom. The number of carbonyl (C=O) groups is 4. The van der Waals surface area contributed by atoms with E-state index in [1.807, 2.05) is 62.3 Å². The SMILES string of the molecule is C=C(C)C(=O)OCCCCCCCCCCCBr.CCC(C)(C)C(=O)OCCCCCCCCCCCBr.CCCCn1cc[n+](CCCCCCCCCCCOC(=O)C(C)(C)CC)c1.CCCCn1cc[n+](CCCCCCCCCCCOC(=O)C(C)(C)CC)c1.[Br-].[OH-]. The van der Waals surface area contributed by atoms with E-state index in [4.69, 9.17) is 18.9 Å². The smallest absolute Gasteiger partial charge is 0.333 e. The second kappa shape index (κ2) is 69.5. The van der Waals surface area contributed by atoms with Gasteiger partial charge in [0.15, 0.2) is 0 Å². The number of esters is 4. The monoisotopic (exact) mass is 1550 g/mol. The Bertz CT molecular complexity index is 1980. The number of hydrogen-bond acceptors (Lipinski definition) is 9. The van der Waals surface area contributed by atoms with Gasteiger partial charge >= 0.3 is 23.9 Å². The molecule has 2 rings (SSSR count). The third-order valence-electron chi connectivity index (χ3n) is 18.3. The van der Waals surface area contributed by atoms with Crippen molar-refractivity contribution in [2.75, 3.05) is 37.1 Å². The van der Waals surface area contributed by atoms with Gasteiger partial charge in [-0.25, -0.2) is 23.1 Å². The molecular weight excluding hydrogens is 1400 g/mol. The first kappa shape index (κ1) is 99.8. The molecule has 0 saturated carbocycles. The second-order valence-corrected chi connectivity index (χ2v) is 30.2. The number of unbranched alkanes of at least 4 members (excludes halogenated alkanes) is 34. The summed E-state index contributed by atoms with van der Waals surface area (Å²) < 4.78 is 30.4. The third-order valence-corrected chi connectivity index (χ3v) is 19.4. The molecule has 0 aliphatic rings. The molecule has 0 atom stereocenters. The Hall–Kier alpha value is -2.56. The van der Waals surface area contributed by atoms with E-state index in [0.29, 0.717) is 32.0 Å². The minimum Gasteiger partial charge on any atom is -1.00 e. The second-order valence-electron chi connectivity index (χ2n) is 28.6. The summed E-state index contributed by atoms with van der Waals surface area (Å²) in [5.41, 5.74) is -0.511. The molecule has 0 aromatic carbocycles. The van der Waals surface area contributed by atoms with Crippen LogP contribution < -0.4 is 26.1 Å². The minimum atomic E-state index is -0.336. The lowest BCUT2D eigenvalue weighted by Gasteiger charge is -2.20. The molecular formula is C80H151Br3N4O9. The number of imidazole rings is 2. The van der Waals surface area contributed by atoms with Crippen LogP contribution in [0, 0.1) is 16.2 Å². The molecule has 0 spiro atoms. The highest BCUT2D eigenvalue weighted by molar-refractivity contribution is 9.09. The van der Waals surface area contributed by atoms with Crippen LogP contribution in [0.5, 0.6) is 0 Å². The fourth-order valence-electron chi connectivity index (χ4n) is 10.0. The van der Waals surface area contributed by atoms with Crippen molar-refractivity contribution in [2.24, 2.45) is 16.2 Å². The van der Waals surface area contributed by atoms with E-state index in [1.54, 1.807) is 6.92 Å². The van der Waals surface area contributed by atoms with E-state index in [1.165, 1.54) is 225 Å². The molecule has 0 bridgehead atoms. The van der Waals surface area contributed by atoms with Gasteiger partial charge in [-0.2, -0.15) is 0 Å². The van der Waals surface area contributed by atoms with Gasteiger partial charge in [0.05, 0.1) is 68.9 Å². The molecule has 566 valence electrons. The first-order valence-electron chi connectivity index (χ1n) is 38.8. The molecule has 0 amide bonds. The lowest BCUT2D eigenvalue weighted by Crippen LogP contribution is -3.00. The normalized spacial score (nSPS) is 11.2. The fourth-order valence-corrected chi connectivity index (χ4v) is 10.8. The number of nitrogens with zero attached hydrogens (tertiary/aromatic N) is 4. The van der Waals surface area contributed by atoms with E-state index >= 15 is 0 Å². The van der Waals surface area contributed by atoms with E-state index < -0.39 is 0 Å². The topological polar surface area (TPSA) is 153 Å². The van der Waals surface area contributed by atoms with Gasteiger partial charge in [-0.05, 0) is 145 Å². The Kier molecular flexibility index (Phi) is 72.3. The number of alkyl halides is 2. The van der Waals surface area contributed by atoms with Crippen molar-refractivity contribution in [3.8, 4) is 0 Å². The van der Waals surface area contributed by atoms with Crippen LogP contribution in [0.4, 0.5) is 0 Å². The zero-order chi connectivity index (χ0) is 70.2. The molecule has 16 heteroatoms. The summed E-state index contributed by atoms with van der Waals surface area (Å²) in [6.45, 7) is 34.4. The van der Waals surface area contributed by atoms with Crippen LogP contribution in [0.3, 0.4) is 0 Å². The van der Waals surface area contributed by atoms with Crippen LogP contribution >= 0.6 is 31.9 Å². The fraction of sp³-hybridized carbons (Fsp3) is 0.850. The van der Waals surface area contributed by atoms with Crippen molar-refractivity contribution >= 4 is 55.7 Å². The highest BCUT2D eigenvalue weighted by atomic mass is 79.9. The van der Waals surface area contributed by atoms with Crippen molar-refractivity contribution in [1.82, 2.24) is 9.13 Å². The Balaban J connectivity index is -0.000000594. The molecule has 96 heavy (non-hydrogen) atoms. The summed E-state index contributed by atoms with van der Waals surface area (Å²) in [6.07, 6.45) is 66.5. The van der Waals surface area contributed by atoms with E-state index in [0.717, 1.165) is 88.2 Å². The van der Waals surface area contributed by atoms with Crippen LogP contribution in [0.2, 0.25) is 0 Å². The van der Waals surface area contributed by atoms with E-state index in [2.05, 4.69) is 108 Å². The molecule has 2 aromatic heterocycles. The first-order valence-corrected chi connectivity index (χ1v) is 41.0. The average molecular weight is 1550 g/mol. The number of rotatable bonds is 59. The van der Waals surface area contributed by atoms with Crippen molar-refractivity contribution in [3.05, 3.63) is 49.6 Å². The van der Waals surface area contributed by atoms with Crippen LogP contribution in [-0.4, -0.2) is 75.6 Å². The molecule has 0 aliphatic carbocycles. The van der Waals surface area contributed by atoms with Crippen molar-refractivity contribution in [1.29, 1.82) is 0 Å². The van der Waals surface area contributed by atoms with Crippen molar-refractivity contribution in [2.45, 2.75) is 385 Å². The number of hydrogen-bond donors (Lipinski definition) is 0. The lowest BCUT2D eigenvalue weighted by atomic mass is 9.91. The van der Waals surface area contributed by atoms with Gasteiger partial charge in [-0.1, -0.05) is 253 Å². The lowest BCUT2D eigenvalue weighted by molar-refractivity contribution is -0.697. The molecule has 0 saturated heterocycles. The minimum absolute atomic E-state index is 0. The maximum atomic E-state index is 11.9. The summed E-state index contributed by atoms with van der Waals surface area (Å²) in [5.74, 6) is -0.412. The maximum Gasteiger partial charge on any atom is 0.333 e. The maximum absolute atomic E-state index is 11.9. The highest BCUT2D eigenvalue weighted by Gasteiger charge is 2.28. The molecule has 2 aromatic rings. The predicted molar refractivity (Wildman–Crippen MR) is 406 cm³/mol. The number of carbonyl (C=O) groups excluding carboxylic acids is 4. The van der Waals surface area contributed by atoms with Gasteiger partial charge in [-0.3, -0.25) is 14.4 Å². The molecule has 2 heterocycles. The Labute approximate surface area is 618 Å². The molecule has 1 N–H and O–H groups in total. The first-order chi connectivity index (χ1) is 45.2. The van der Waals surface area contributed by atoms with Crippen LogP contribution in [0.15, 0.2) is 49.6 Å². The van der Waals surface area contributed by atoms with E-state index in [9.17, 15) is 19.2 Å². The Morgan fingerprint density at radius 2 is 0.604 bits per heavy atom. The summed E-state index contributed by atoms with van der Waals surface area (Å²) in [4.78, 5) is 46.5. The largest absolute Gasteiger partial charge is 1.00 e. The van der Waals surface area contributed by atoms with Gasteiger partial charge in [0.25, 0.3) is 0 Å². The van der Waals surface area contributed by atoms with Gasteiger partial charge in [-0.15, -0.1) is 0 Å². The molecule has 0 aliphatic heterocycles. The van der Waals surface area contributed by atoms with E-state index in [-0.39, 0.29) is 62.6 Å². The summed E-state index contributed by atoms with van der Waals surface area (Å²) in [7, 11) is 0. The predicted octanol–water partition coefficient (Wildman–Crippen LogP) is 19.8. The molecule has 0 fully saturated rings. The third kappa shape index (κ3) is 61.3. The zero-order valence-electron chi connectivity index (χ0n) is 64.3. The summed E-state index contributed by atoms with van der Waals surface area (Å²) >= 11 is 6.90. The molecule has 0 radical (unpaired) electrons. The number of halogens is 3. The van der Waals surface area contributed by atoms with Gasteiger partial charge in [0.2, 0.25) is 12.7 Å². The quantitative estimate of drug-likeness (QED) is 0.0157. The van der Waals surface area contributed by atoms with Gasteiger partial charge < -0.3 is 41.4 Å².